The summed E-state index contributed by atoms with van der Waals surface area (Å²) >= 11 is 0. The van der Waals surface area contributed by atoms with Crippen LogP contribution in [0.15, 0.2) is 0 Å². The molecule has 1 fully saturated rings. The van der Waals surface area contributed by atoms with Crippen LogP contribution in [0, 0.1) is 5.92 Å². The topological polar surface area (TPSA) is 38.3 Å². The predicted octanol–water partition coefficient (Wildman–Crippen LogP) is 1.53. The van der Waals surface area contributed by atoms with Crippen molar-refractivity contribution in [1.29, 1.82) is 0 Å². The molecule has 1 aliphatic rings. The average molecular weight is 157 g/mol. The summed E-state index contributed by atoms with van der Waals surface area (Å²) in [6.45, 7) is 2.03. The van der Waals surface area contributed by atoms with Crippen molar-refractivity contribution >= 4 is 6.09 Å². The van der Waals surface area contributed by atoms with Gasteiger partial charge in [-0.05, 0) is 25.7 Å². The van der Waals surface area contributed by atoms with E-state index in [2.05, 4.69) is 10.1 Å². The van der Waals surface area contributed by atoms with Gasteiger partial charge in [0.1, 0.15) is 0 Å². The number of nitrogens with one attached hydrogen (secondary N) is 1. The van der Waals surface area contributed by atoms with E-state index in [4.69, 9.17) is 0 Å². The van der Waals surface area contributed by atoms with E-state index < -0.39 is 0 Å². The number of alkyl carbamates (subject to hydrolysis) is 1. The molecule has 1 N–H and O–H groups in total. The van der Waals surface area contributed by atoms with Crippen LogP contribution in [0.25, 0.3) is 0 Å². The number of rotatable bonds is 2. The maximum Gasteiger partial charge on any atom is 0.407 e. The molecule has 0 aromatic heterocycles. The van der Waals surface area contributed by atoms with Crippen molar-refractivity contribution in [2.45, 2.75) is 32.2 Å². The Morgan fingerprint density at radius 2 is 2.27 bits per heavy atom. The number of carbonyl (C=O) groups is 1. The van der Waals surface area contributed by atoms with Crippen LogP contribution in [0.5, 0.6) is 0 Å². The number of methoxy groups -OCH3 is 1. The van der Waals surface area contributed by atoms with Gasteiger partial charge >= 0.3 is 6.09 Å². The Hall–Kier alpha value is -0.730. The lowest BCUT2D eigenvalue weighted by atomic mass is 9.80. The van der Waals surface area contributed by atoms with Gasteiger partial charge in [0.25, 0.3) is 0 Å². The third-order valence-corrected chi connectivity index (χ3v) is 2.39. The van der Waals surface area contributed by atoms with Crippen molar-refractivity contribution in [2.24, 2.45) is 5.92 Å². The van der Waals surface area contributed by atoms with Crippen molar-refractivity contribution in [3.05, 3.63) is 0 Å². The molecule has 64 valence electrons. The number of hydrogen-bond donors (Lipinski definition) is 1. The van der Waals surface area contributed by atoms with Gasteiger partial charge in [-0.1, -0.05) is 6.42 Å². The summed E-state index contributed by atoms with van der Waals surface area (Å²) in [4.78, 5) is 10.7. The van der Waals surface area contributed by atoms with Crippen LogP contribution in [0.2, 0.25) is 0 Å². The lowest BCUT2D eigenvalue weighted by Crippen LogP contribution is -2.40. The molecule has 1 amide bonds. The van der Waals surface area contributed by atoms with Crippen molar-refractivity contribution in [3.8, 4) is 0 Å². The van der Waals surface area contributed by atoms with Crippen molar-refractivity contribution < 1.29 is 9.53 Å². The van der Waals surface area contributed by atoms with E-state index in [9.17, 15) is 4.79 Å². The molecule has 0 unspecified atom stereocenters. The summed E-state index contributed by atoms with van der Waals surface area (Å²) in [6, 6.07) is 0.274. The molecule has 0 aromatic carbocycles. The summed E-state index contributed by atoms with van der Waals surface area (Å²) in [5.74, 6) is 0.675. The van der Waals surface area contributed by atoms with E-state index in [1.807, 2.05) is 6.92 Å². The molecule has 3 nitrogen and oxygen atoms in total. The number of amides is 1. The van der Waals surface area contributed by atoms with Crippen LogP contribution in [0.3, 0.4) is 0 Å². The third kappa shape index (κ3) is 2.10. The van der Waals surface area contributed by atoms with E-state index in [0.717, 1.165) is 0 Å². The Bertz CT molecular complexity index is 143. The summed E-state index contributed by atoms with van der Waals surface area (Å²) in [6.07, 6.45) is 3.47. The first-order valence-electron chi connectivity index (χ1n) is 4.08. The second-order valence-corrected chi connectivity index (χ2v) is 3.12. The Balaban J connectivity index is 2.19. The van der Waals surface area contributed by atoms with E-state index in [-0.39, 0.29) is 12.1 Å². The van der Waals surface area contributed by atoms with Gasteiger partial charge < -0.3 is 10.1 Å². The zero-order valence-corrected chi connectivity index (χ0v) is 7.09. The summed E-state index contributed by atoms with van der Waals surface area (Å²) in [5.41, 5.74) is 0. The van der Waals surface area contributed by atoms with Crippen molar-refractivity contribution in [3.63, 3.8) is 0 Å². The second kappa shape index (κ2) is 3.60. The van der Waals surface area contributed by atoms with Crippen molar-refractivity contribution in [1.82, 2.24) is 5.32 Å². The Morgan fingerprint density at radius 3 is 2.64 bits per heavy atom. The maximum atomic E-state index is 10.7. The van der Waals surface area contributed by atoms with Gasteiger partial charge in [0.15, 0.2) is 0 Å². The molecule has 0 radical (unpaired) electrons. The first-order valence-corrected chi connectivity index (χ1v) is 4.08. The van der Waals surface area contributed by atoms with Gasteiger partial charge in [0.05, 0.1) is 7.11 Å². The van der Waals surface area contributed by atoms with Gasteiger partial charge in [-0.2, -0.15) is 0 Å². The number of carbonyl (C=O) groups excluding carboxylic acids is 1. The molecule has 11 heavy (non-hydrogen) atoms. The summed E-state index contributed by atoms with van der Waals surface area (Å²) in [5, 5.41) is 2.77. The molecule has 1 rings (SSSR count). The van der Waals surface area contributed by atoms with E-state index in [1.54, 1.807) is 0 Å². The lowest BCUT2D eigenvalue weighted by Gasteiger charge is -2.31. The fourth-order valence-corrected chi connectivity index (χ4v) is 1.30. The largest absolute Gasteiger partial charge is 0.453 e. The van der Waals surface area contributed by atoms with Gasteiger partial charge in [0.2, 0.25) is 0 Å². The predicted molar refractivity (Wildman–Crippen MR) is 42.3 cm³/mol. The highest BCUT2D eigenvalue weighted by Gasteiger charge is 2.24. The molecule has 0 saturated heterocycles. The Morgan fingerprint density at radius 1 is 1.64 bits per heavy atom. The number of ether oxygens (including phenoxy) is 1. The maximum absolute atomic E-state index is 10.7. The molecule has 1 atom stereocenters. The minimum atomic E-state index is -0.315. The van der Waals surface area contributed by atoms with E-state index in [1.165, 1.54) is 26.4 Å². The van der Waals surface area contributed by atoms with Gasteiger partial charge in [0, 0.05) is 6.04 Å². The molecule has 0 bridgehead atoms. The monoisotopic (exact) mass is 157 g/mol. The molecule has 3 heteroatoms. The molecular weight excluding hydrogens is 142 g/mol. The lowest BCUT2D eigenvalue weighted by molar-refractivity contribution is 0.154. The average Bonchev–Trinajstić information content (AvgIpc) is 1.83. The molecule has 0 spiro atoms. The first kappa shape index (κ1) is 8.37. The van der Waals surface area contributed by atoms with Crippen LogP contribution >= 0.6 is 0 Å². The highest BCUT2D eigenvalue weighted by Crippen LogP contribution is 2.29. The number of hydrogen-bond acceptors (Lipinski definition) is 2. The van der Waals surface area contributed by atoms with Crippen LogP contribution in [0.1, 0.15) is 26.2 Å². The summed E-state index contributed by atoms with van der Waals surface area (Å²) < 4.78 is 4.49. The highest BCUT2D eigenvalue weighted by atomic mass is 16.5. The first-order chi connectivity index (χ1) is 5.24. The molecule has 1 saturated carbocycles. The SMILES string of the molecule is COC(=O)N[C@@H](C)C1CCC1. The molecule has 0 aromatic rings. The standard InChI is InChI=1S/C8H15NO2/c1-6(7-4-3-5-7)9-8(10)11-2/h6-7H,3-5H2,1-2H3,(H,9,10)/t6-/m0/s1. The fraction of sp³-hybridized carbons (Fsp3) is 0.875. The van der Waals surface area contributed by atoms with E-state index >= 15 is 0 Å². The highest BCUT2D eigenvalue weighted by molar-refractivity contribution is 5.67. The third-order valence-electron chi connectivity index (χ3n) is 2.39. The summed E-state index contributed by atoms with van der Waals surface area (Å²) in [7, 11) is 1.39. The normalized spacial score (nSPS) is 20.2. The zero-order valence-electron chi connectivity index (χ0n) is 7.09. The van der Waals surface area contributed by atoms with Crippen LogP contribution in [-0.2, 0) is 4.74 Å². The molecule has 0 heterocycles. The van der Waals surface area contributed by atoms with Crippen LogP contribution in [0.4, 0.5) is 4.79 Å². The molecular formula is C8H15NO2. The Labute approximate surface area is 67.1 Å². The molecule has 1 aliphatic carbocycles. The van der Waals surface area contributed by atoms with Gasteiger partial charge in [-0.3, -0.25) is 0 Å². The fourth-order valence-electron chi connectivity index (χ4n) is 1.30. The van der Waals surface area contributed by atoms with Crippen LogP contribution < -0.4 is 5.32 Å². The Kier molecular flexibility index (Phi) is 2.74. The molecule has 0 aliphatic heterocycles. The second-order valence-electron chi connectivity index (χ2n) is 3.12. The van der Waals surface area contributed by atoms with Gasteiger partial charge in [-0.15, -0.1) is 0 Å². The quantitative estimate of drug-likeness (QED) is 0.660. The van der Waals surface area contributed by atoms with Crippen LogP contribution in [-0.4, -0.2) is 19.2 Å². The van der Waals surface area contributed by atoms with Gasteiger partial charge in [-0.25, -0.2) is 4.79 Å². The smallest absolute Gasteiger partial charge is 0.407 e. The minimum Gasteiger partial charge on any atom is -0.453 e. The van der Waals surface area contributed by atoms with Crippen molar-refractivity contribution in [2.75, 3.05) is 7.11 Å². The van der Waals surface area contributed by atoms with E-state index in [0.29, 0.717) is 5.92 Å². The zero-order chi connectivity index (χ0) is 8.27. The minimum absolute atomic E-state index is 0.274.